The predicted octanol–water partition coefficient (Wildman–Crippen LogP) is 3.41. The van der Waals surface area contributed by atoms with Gasteiger partial charge >= 0.3 is 0 Å². The highest BCUT2D eigenvalue weighted by Crippen LogP contribution is 2.25. The van der Waals surface area contributed by atoms with Crippen molar-refractivity contribution < 1.29 is 9.53 Å². The van der Waals surface area contributed by atoms with Crippen LogP contribution in [-0.2, 0) is 0 Å². The molecule has 1 heterocycles. The fraction of sp³-hybridized carbons (Fsp3) is 0.533. The molecule has 1 saturated heterocycles. The minimum atomic E-state index is 0.123. The summed E-state index contributed by atoms with van der Waals surface area (Å²) in [4.78, 5) is 14.5. The molecular formula is C15H20ClNO2. The molecule has 2 rings (SSSR count). The third-order valence-corrected chi connectivity index (χ3v) is 4.06. The number of halogens is 1. The highest BCUT2D eigenvalue weighted by atomic mass is 35.5. The van der Waals surface area contributed by atoms with E-state index >= 15 is 0 Å². The number of methoxy groups -OCH3 is 1. The van der Waals surface area contributed by atoms with Crippen LogP contribution in [0.5, 0.6) is 5.75 Å². The number of piperidine rings is 1. The Labute approximate surface area is 119 Å². The van der Waals surface area contributed by atoms with Crippen LogP contribution in [0.25, 0.3) is 0 Å². The summed E-state index contributed by atoms with van der Waals surface area (Å²) < 4.78 is 5.09. The molecule has 0 aliphatic carbocycles. The summed E-state index contributed by atoms with van der Waals surface area (Å²) in [6, 6.07) is 5.71. The van der Waals surface area contributed by atoms with Crippen LogP contribution in [0.1, 0.15) is 36.5 Å². The van der Waals surface area contributed by atoms with Crippen molar-refractivity contribution in [3.8, 4) is 5.75 Å². The van der Waals surface area contributed by atoms with Gasteiger partial charge in [-0.3, -0.25) is 9.69 Å². The number of likely N-dealkylation sites (tertiary alicyclic amines) is 1. The zero-order valence-electron chi connectivity index (χ0n) is 11.5. The Morgan fingerprint density at radius 3 is 2.89 bits per heavy atom. The summed E-state index contributed by atoms with van der Waals surface area (Å²) in [5, 5.41) is 0.486. The summed E-state index contributed by atoms with van der Waals surface area (Å²) >= 11 is 6.05. The van der Waals surface area contributed by atoms with E-state index < -0.39 is 0 Å². The lowest BCUT2D eigenvalue weighted by atomic mass is 10.0. The predicted molar refractivity (Wildman–Crippen MR) is 77.2 cm³/mol. The number of hydrogen-bond acceptors (Lipinski definition) is 3. The third-order valence-electron chi connectivity index (χ3n) is 3.76. The second-order valence-electron chi connectivity index (χ2n) is 5.09. The smallest absolute Gasteiger partial charge is 0.176 e. The van der Waals surface area contributed by atoms with E-state index in [1.807, 2.05) is 0 Å². The number of carbonyl (C=O) groups is 1. The molecule has 3 nitrogen and oxygen atoms in total. The summed E-state index contributed by atoms with van der Waals surface area (Å²) in [5.74, 6) is 0.725. The Morgan fingerprint density at radius 2 is 2.26 bits per heavy atom. The largest absolute Gasteiger partial charge is 0.495 e. The van der Waals surface area contributed by atoms with Crippen molar-refractivity contribution >= 4 is 17.4 Å². The molecule has 0 amide bonds. The van der Waals surface area contributed by atoms with Crippen molar-refractivity contribution in [2.24, 2.45) is 0 Å². The lowest BCUT2D eigenvalue weighted by molar-refractivity contribution is 0.0860. The minimum Gasteiger partial charge on any atom is -0.495 e. The van der Waals surface area contributed by atoms with E-state index in [1.54, 1.807) is 25.3 Å². The first-order valence-corrected chi connectivity index (χ1v) is 7.10. The maximum absolute atomic E-state index is 12.3. The molecular weight excluding hydrogens is 262 g/mol. The maximum Gasteiger partial charge on any atom is 0.176 e. The fourth-order valence-corrected chi connectivity index (χ4v) is 2.77. The number of rotatable bonds is 4. The van der Waals surface area contributed by atoms with Crippen LogP contribution < -0.4 is 4.74 Å². The van der Waals surface area contributed by atoms with Crippen molar-refractivity contribution in [1.29, 1.82) is 0 Å². The van der Waals surface area contributed by atoms with Crippen LogP contribution in [0.3, 0.4) is 0 Å². The molecule has 1 aromatic carbocycles. The Kier molecular flexibility index (Phi) is 4.83. The number of ketones is 1. The van der Waals surface area contributed by atoms with E-state index in [0.29, 0.717) is 28.9 Å². The van der Waals surface area contributed by atoms with Gasteiger partial charge < -0.3 is 4.74 Å². The van der Waals surface area contributed by atoms with Gasteiger partial charge in [-0.05, 0) is 44.5 Å². The van der Waals surface area contributed by atoms with Crippen LogP contribution in [0.2, 0.25) is 5.02 Å². The average Bonchev–Trinajstić information content (AvgIpc) is 2.41. The van der Waals surface area contributed by atoms with Crippen LogP contribution in [0, 0.1) is 0 Å². The molecule has 1 atom stereocenters. The molecule has 4 heteroatoms. The number of benzene rings is 1. The van der Waals surface area contributed by atoms with E-state index in [2.05, 4.69) is 11.8 Å². The van der Waals surface area contributed by atoms with Crippen molar-refractivity contribution in [1.82, 2.24) is 4.90 Å². The molecule has 0 saturated carbocycles. The molecule has 0 radical (unpaired) electrons. The van der Waals surface area contributed by atoms with Crippen LogP contribution >= 0.6 is 11.6 Å². The number of carbonyl (C=O) groups excluding carboxylic acids is 1. The lowest BCUT2D eigenvalue weighted by Crippen LogP contribution is -2.40. The van der Waals surface area contributed by atoms with Gasteiger partial charge in [0.2, 0.25) is 0 Å². The molecule has 0 spiro atoms. The summed E-state index contributed by atoms with van der Waals surface area (Å²) in [5.41, 5.74) is 0.656. The van der Waals surface area contributed by atoms with Crippen LogP contribution in [0.15, 0.2) is 18.2 Å². The van der Waals surface area contributed by atoms with Crippen LogP contribution in [0.4, 0.5) is 0 Å². The van der Waals surface area contributed by atoms with Gasteiger partial charge in [-0.25, -0.2) is 0 Å². The van der Waals surface area contributed by atoms with E-state index in [0.717, 1.165) is 6.54 Å². The van der Waals surface area contributed by atoms with Gasteiger partial charge in [-0.15, -0.1) is 0 Å². The summed E-state index contributed by atoms with van der Waals surface area (Å²) in [6.45, 7) is 3.67. The quantitative estimate of drug-likeness (QED) is 0.792. The molecule has 1 aliphatic heterocycles. The van der Waals surface area contributed by atoms with Crippen molar-refractivity contribution in [2.75, 3.05) is 20.2 Å². The van der Waals surface area contributed by atoms with Gasteiger partial charge in [0.15, 0.2) is 5.78 Å². The Balaban J connectivity index is 2.05. The first-order valence-electron chi connectivity index (χ1n) is 6.72. The number of Topliss-reactive ketones (excluding diaryl/α,β-unsaturated/α-hetero) is 1. The Bertz CT molecular complexity index is 461. The Hall–Kier alpha value is -1.06. The molecule has 19 heavy (non-hydrogen) atoms. The van der Waals surface area contributed by atoms with E-state index in [-0.39, 0.29) is 5.78 Å². The first-order chi connectivity index (χ1) is 9.11. The number of ether oxygens (including phenoxy) is 1. The van der Waals surface area contributed by atoms with Crippen LogP contribution in [-0.4, -0.2) is 36.9 Å². The van der Waals surface area contributed by atoms with Gasteiger partial charge in [0.25, 0.3) is 0 Å². The highest BCUT2D eigenvalue weighted by Gasteiger charge is 2.21. The van der Waals surface area contributed by atoms with Crippen molar-refractivity contribution in [3.05, 3.63) is 28.8 Å². The van der Waals surface area contributed by atoms with Gasteiger partial charge in [0.05, 0.1) is 18.7 Å². The van der Waals surface area contributed by atoms with Gasteiger partial charge in [0, 0.05) is 11.6 Å². The van der Waals surface area contributed by atoms with Gasteiger partial charge in [-0.1, -0.05) is 18.0 Å². The molecule has 1 aromatic rings. The topological polar surface area (TPSA) is 29.5 Å². The average molecular weight is 282 g/mol. The second kappa shape index (κ2) is 6.40. The third kappa shape index (κ3) is 3.48. The minimum absolute atomic E-state index is 0.123. The highest BCUT2D eigenvalue weighted by molar-refractivity contribution is 6.32. The molecule has 104 valence electrons. The Morgan fingerprint density at radius 1 is 1.47 bits per heavy atom. The van der Waals surface area contributed by atoms with E-state index in [4.69, 9.17) is 16.3 Å². The second-order valence-corrected chi connectivity index (χ2v) is 5.49. The molecule has 1 fully saturated rings. The lowest BCUT2D eigenvalue weighted by Gasteiger charge is -2.32. The van der Waals surface area contributed by atoms with E-state index in [1.165, 1.54) is 19.3 Å². The van der Waals surface area contributed by atoms with Crippen molar-refractivity contribution in [2.45, 2.75) is 32.2 Å². The maximum atomic E-state index is 12.3. The van der Waals surface area contributed by atoms with E-state index in [9.17, 15) is 4.79 Å². The summed E-state index contributed by atoms with van der Waals surface area (Å²) in [6.07, 6.45) is 3.62. The molecule has 1 unspecified atom stereocenters. The molecule has 0 N–H and O–H groups in total. The van der Waals surface area contributed by atoms with Gasteiger partial charge in [-0.2, -0.15) is 0 Å². The monoisotopic (exact) mass is 281 g/mol. The summed E-state index contributed by atoms with van der Waals surface area (Å²) in [7, 11) is 1.57. The number of hydrogen-bond donors (Lipinski definition) is 0. The zero-order valence-corrected chi connectivity index (χ0v) is 12.2. The molecule has 0 aromatic heterocycles. The van der Waals surface area contributed by atoms with Crippen molar-refractivity contribution in [3.63, 3.8) is 0 Å². The molecule has 1 aliphatic rings. The fourth-order valence-electron chi connectivity index (χ4n) is 2.51. The zero-order chi connectivity index (χ0) is 13.8. The van der Waals surface area contributed by atoms with Gasteiger partial charge in [0.1, 0.15) is 5.75 Å². The number of nitrogens with zero attached hydrogens (tertiary/aromatic N) is 1. The SMILES string of the molecule is COc1ccc(C(=O)CN2CCCCC2C)cc1Cl. The molecule has 0 bridgehead atoms. The standard InChI is InChI=1S/C15H20ClNO2/c1-11-5-3-4-8-17(11)10-14(18)12-6-7-15(19-2)13(16)9-12/h6-7,9,11H,3-5,8,10H2,1-2H3. The first kappa shape index (κ1) is 14.4. The normalized spacial score (nSPS) is 20.3.